The highest BCUT2D eigenvalue weighted by Crippen LogP contribution is 2.17. The van der Waals surface area contributed by atoms with Crippen molar-refractivity contribution in [1.82, 2.24) is 10.2 Å². The molecule has 1 aliphatic rings. The van der Waals surface area contributed by atoms with Crippen LogP contribution in [0.4, 0.5) is 0 Å². The Kier molecular flexibility index (Phi) is 7.54. The molecule has 6 heteroatoms. The number of hydrogen-bond donors (Lipinski definition) is 3. The molecule has 20 heavy (non-hydrogen) atoms. The first-order valence-electron chi connectivity index (χ1n) is 7.38. The van der Waals surface area contributed by atoms with Crippen molar-refractivity contribution in [2.75, 3.05) is 26.2 Å². The molecule has 6 nitrogen and oxygen atoms in total. The first-order chi connectivity index (χ1) is 9.52. The molecule has 0 heterocycles. The third-order valence-corrected chi connectivity index (χ3v) is 3.71. The molecule has 1 amide bonds. The Labute approximate surface area is 120 Å². The normalized spacial score (nSPS) is 17.9. The number of carboxylic acids is 1. The lowest BCUT2D eigenvalue weighted by molar-refractivity contribution is -0.142. The number of hydrogen-bond acceptors (Lipinski definition) is 4. The van der Waals surface area contributed by atoms with Gasteiger partial charge in [-0.05, 0) is 12.8 Å². The first kappa shape index (κ1) is 16.9. The molecule has 0 aromatic heterocycles. The summed E-state index contributed by atoms with van der Waals surface area (Å²) in [6.07, 6.45) is 5.59. The number of rotatable bonds is 8. The Morgan fingerprint density at radius 2 is 1.95 bits per heavy atom. The van der Waals surface area contributed by atoms with Crippen LogP contribution in [-0.4, -0.2) is 59.3 Å². The third-order valence-electron chi connectivity index (χ3n) is 3.71. The number of carboxylic acid groups (broad SMARTS) is 1. The maximum Gasteiger partial charge on any atom is 0.307 e. The number of nitrogens with zero attached hydrogens (tertiary/aromatic N) is 1. The molecule has 116 valence electrons. The van der Waals surface area contributed by atoms with Gasteiger partial charge in [-0.25, -0.2) is 0 Å². The molecule has 0 spiro atoms. The van der Waals surface area contributed by atoms with Crippen LogP contribution in [-0.2, 0) is 9.59 Å². The maximum atomic E-state index is 12.0. The fourth-order valence-electron chi connectivity index (χ4n) is 2.57. The lowest BCUT2D eigenvalue weighted by Gasteiger charge is -2.26. The molecule has 0 bridgehead atoms. The quantitative estimate of drug-likeness (QED) is 0.603. The second kappa shape index (κ2) is 8.92. The zero-order valence-electron chi connectivity index (χ0n) is 12.2. The predicted octanol–water partition coefficient (Wildman–Crippen LogP) is 0.450. The molecule has 1 aliphatic carbocycles. The molecule has 1 fully saturated rings. The number of amides is 1. The molecular formula is C14H26N2O4. The van der Waals surface area contributed by atoms with E-state index in [0.29, 0.717) is 6.54 Å². The number of carbonyl (C=O) groups excluding carboxylic acids is 1. The highest BCUT2D eigenvalue weighted by molar-refractivity contribution is 5.78. The van der Waals surface area contributed by atoms with Gasteiger partial charge < -0.3 is 15.5 Å². The molecule has 0 aromatic rings. The molecule has 0 saturated heterocycles. The van der Waals surface area contributed by atoms with E-state index in [2.05, 4.69) is 5.32 Å². The Bertz CT molecular complexity index is 316. The Morgan fingerprint density at radius 1 is 1.30 bits per heavy atom. The molecular weight excluding hydrogens is 260 g/mol. The van der Waals surface area contributed by atoms with Crippen LogP contribution < -0.4 is 5.32 Å². The zero-order valence-corrected chi connectivity index (χ0v) is 12.2. The molecule has 1 rings (SSSR count). The van der Waals surface area contributed by atoms with Gasteiger partial charge in [0.25, 0.3) is 0 Å². The van der Waals surface area contributed by atoms with Crippen molar-refractivity contribution in [2.45, 2.75) is 45.1 Å². The van der Waals surface area contributed by atoms with Crippen LogP contribution in [0.3, 0.4) is 0 Å². The van der Waals surface area contributed by atoms with Crippen LogP contribution in [0.1, 0.15) is 39.0 Å². The van der Waals surface area contributed by atoms with Gasteiger partial charge in [0.2, 0.25) is 5.91 Å². The molecule has 1 unspecified atom stereocenters. The minimum Gasteiger partial charge on any atom is -0.481 e. The monoisotopic (exact) mass is 286 g/mol. The number of aliphatic hydroxyl groups is 1. The largest absolute Gasteiger partial charge is 0.481 e. The summed E-state index contributed by atoms with van der Waals surface area (Å²) in [5, 5.41) is 20.9. The molecule has 0 aromatic carbocycles. The summed E-state index contributed by atoms with van der Waals surface area (Å²) in [4.78, 5) is 24.5. The van der Waals surface area contributed by atoms with Crippen LogP contribution in [0.5, 0.6) is 0 Å². The van der Waals surface area contributed by atoms with Crippen LogP contribution in [0.15, 0.2) is 0 Å². The van der Waals surface area contributed by atoms with Crippen molar-refractivity contribution in [3.63, 3.8) is 0 Å². The van der Waals surface area contributed by atoms with Gasteiger partial charge in [0.1, 0.15) is 0 Å². The summed E-state index contributed by atoms with van der Waals surface area (Å²) in [5.41, 5.74) is 0. The summed E-state index contributed by atoms with van der Waals surface area (Å²) in [7, 11) is 0. The fourth-order valence-corrected chi connectivity index (χ4v) is 2.57. The predicted molar refractivity (Wildman–Crippen MR) is 75.3 cm³/mol. The van der Waals surface area contributed by atoms with Gasteiger partial charge in [0, 0.05) is 19.1 Å². The van der Waals surface area contributed by atoms with Gasteiger partial charge in [-0.1, -0.05) is 26.2 Å². The van der Waals surface area contributed by atoms with Gasteiger partial charge >= 0.3 is 5.97 Å². The van der Waals surface area contributed by atoms with E-state index in [1.807, 2.05) is 0 Å². The van der Waals surface area contributed by atoms with Crippen LogP contribution in [0.25, 0.3) is 0 Å². The highest BCUT2D eigenvalue weighted by atomic mass is 16.4. The molecule has 0 aliphatic heterocycles. The van der Waals surface area contributed by atoms with Gasteiger partial charge in [-0.2, -0.15) is 0 Å². The summed E-state index contributed by atoms with van der Waals surface area (Å²) < 4.78 is 0. The maximum absolute atomic E-state index is 12.0. The van der Waals surface area contributed by atoms with E-state index in [9.17, 15) is 9.59 Å². The van der Waals surface area contributed by atoms with Crippen molar-refractivity contribution >= 4 is 11.9 Å². The van der Waals surface area contributed by atoms with Crippen LogP contribution in [0.2, 0.25) is 0 Å². The van der Waals surface area contributed by atoms with Crippen molar-refractivity contribution in [1.29, 1.82) is 0 Å². The third kappa shape index (κ3) is 6.34. The highest BCUT2D eigenvalue weighted by Gasteiger charge is 2.20. The smallest absolute Gasteiger partial charge is 0.307 e. The summed E-state index contributed by atoms with van der Waals surface area (Å²) in [6.45, 7) is 2.26. The van der Waals surface area contributed by atoms with E-state index in [-0.39, 0.29) is 31.6 Å². The molecule has 0 radical (unpaired) electrons. The van der Waals surface area contributed by atoms with Crippen molar-refractivity contribution in [2.24, 2.45) is 5.92 Å². The van der Waals surface area contributed by atoms with Crippen molar-refractivity contribution in [3.05, 3.63) is 0 Å². The van der Waals surface area contributed by atoms with Gasteiger partial charge in [0.05, 0.1) is 19.1 Å². The Balaban J connectivity index is 2.38. The van der Waals surface area contributed by atoms with E-state index >= 15 is 0 Å². The number of aliphatic carboxylic acids is 1. The average molecular weight is 286 g/mol. The number of nitrogens with one attached hydrogen (secondary N) is 1. The van der Waals surface area contributed by atoms with E-state index in [1.54, 1.807) is 11.8 Å². The minimum absolute atomic E-state index is 0.0803. The zero-order chi connectivity index (χ0) is 15.0. The first-order valence-corrected chi connectivity index (χ1v) is 7.38. The van der Waals surface area contributed by atoms with Gasteiger partial charge in [-0.15, -0.1) is 0 Å². The lowest BCUT2D eigenvalue weighted by atomic mass is 9.95. The van der Waals surface area contributed by atoms with Crippen LogP contribution in [0, 0.1) is 5.92 Å². The van der Waals surface area contributed by atoms with Crippen molar-refractivity contribution < 1.29 is 19.8 Å². The average Bonchev–Trinajstić information content (AvgIpc) is 2.39. The Hall–Kier alpha value is -1.14. The van der Waals surface area contributed by atoms with E-state index < -0.39 is 11.9 Å². The SMILES string of the molecule is CC(CN(CCO)CC(=O)NC1CCCCC1)C(=O)O. The topological polar surface area (TPSA) is 89.9 Å². The number of aliphatic hydroxyl groups excluding tert-OH is 1. The molecule has 3 N–H and O–H groups in total. The summed E-state index contributed by atoms with van der Waals surface area (Å²) in [6, 6.07) is 0.254. The lowest BCUT2D eigenvalue weighted by Crippen LogP contribution is -2.45. The standard InChI is InChI=1S/C14H26N2O4/c1-11(14(19)20)9-16(7-8-17)10-13(18)15-12-5-3-2-4-6-12/h11-12,17H,2-10H2,1H3,(H,15,18)(H,19,20). The second-order valence-corrected chi connectivity index (χ2v) is 5.60. The summed E-state index contributed by atoms with van der Waals surface area (Å²) in [5.74, 6) is -1.52. The molecule has 1 atom stereocenters. The number of carbonyl (C=O) groups is 2. The summed E-state index contributed by atoms with van der Waals surface area (Å²) >= 11 is 0. The second-order valence-electron chi connectivity index (χ2n) is 5.60. The van der Waals surface area contributed by atoms with Crippen molar-refractivity contribution in [3.8, 4) is 0 Å². The van der Waals surface area contributed by atoms with Gasteiger partial charge in [-0.3, -0.25) is 14.5 Å². The van der Waals surface area contributed by atoms with Gasteiger partial charge in [0.15, 0.2) is 0 Å². The van der Waals surface area contributed by atoms with E-state index in [1.165, 1.54) is 6.42 Å². The minimum atomic E-state index is -0.888. The van der Waals surface area contributed by atoms with Crippen LogP contribution >= 0.6 is 0 Å². The Morgan fingerprint density at radius 3 is 2.50 bits per heavy atom. The fraction of sp³-hybridized carbons (Fsp3) is 0.857. The van der Waals surface area contributed by atoms with E-state index in [0.717, 1.165) is 25.7 Å². The molecule has 1 saturated carbocycles. The van der Waals surface area contributed by atoms with E-state index in [4.69, 9.17) is 10.2 Å².